The number of amides is 1. The molecule has 2 aliphatic rings. The number of likely N-dealkylation sites (tertiary alicyclic amines) is 1. The van der Waals surface area contributed by atoms with Gasteiger partial charge in [0, 0.05) is 24.9 Å². The lowest BCUT2D eigenvalue weighted by Crippen LogP contribution is -2.31. The highest BCUT2D eigenvalue weighted by molar-refractivity contribution is 5.79. The second-order valence-corrected chi connectivity index (χ2v) is 8.76. The highest BCUT2D eigenvalue weighted by Gasteiger charge is 2.41. The molecule has 3 aromatic rings. The van der Waals surface area contributed by atoms with E-state index in [1.807, 2.05) is 55.5 Å². The van der Waals surface area contributed by atoms with Crippen LogP contribution < -0.4 is 4.74 Å². The zero-order chi connectivity index (χ0) is 23.7. The third kappa shape index (κ3) is 4.00. The number of carboxylic acids is 1. The smallest absolute Gasteiger partial charge is 0.409 e. The number of ether oxygens (including phenoxy) is 2. The second-order valence-electron chi connectivity index (χ2n) is 8.76. The molecule has 0 bridgehead atoms. The average molecular weight is 458 g/mol. The molecular formula is C28H27NO5. The molecule has 34 heavy (non-hydrogen) atoms. The summed E-state index contributed by atoms with van der Waals surface area (Å²) in [6, 6.07) is 23.8. The van der Waals surface area contributed by atoms with Gasteiger partial charge in [0.2, 0.25) is 0 Å². The number of rotatable bonds is 6. The van der Waals surface area contributed by atoms with Gasteiger partial charge in [-0.25, -0.2) is 4.79 Å². The second kappa shape index (κ2) is 9.21. The molecule has 1 N–H and O–H groups in total. The fraction of sp³-hybridized carbons (Fsp3) is 0.286. The quantitative estimate of drug-likeness (QED) is 0.555. The zero-order valence-electron chi connectivity index (χ0n) is 19.0. The highest BCUT2D eigenvalue weighted by atomic mass is 16.6. The van der Waals surface area contributed by atoms with Gasteiger partial charge in [0.1, 0.15) is 12.4 Å². The summed E-state index contributed by atoms with van der Waals surface area (Å²) < 4.78 is 11.2. The molecule has 1 heterocycles. The van der Waals surface area contributed by atoms with Gasteiger partial charge >= 0.3 is 12.1 Å². The highest BCUT2D eigenvalue weighted by Crippen LogP contribution is 2.44. The fourth-order valence-corrected chi connectivity index (χ4v) is 5.20. The summed E-state index contributed by atoms with van der Waals surface area (Å²) >= 11 is 0. The maximum absolute atomic E-state index is 13.0. The number of nitrogens with zero attached hydrogens (tertiary/aromatic N) is 1. The first-order valence-corrected chi connectivity index (χ1v) is 11.6. The Morgan fingerprint density at radius 2 is 1.53 bits per heavy atom. The largest absolute Gasteiger partial charge is 0.494 e. The van der Waals surface area contributed by atoms with Crippen molar-refractivity contribution in [1.29, 1.82) is 0 Å². The molecule has 6 heteroatoms. The first-order chi connectivity index (χ1) is 16.6. The Morgan fingerprint density at radius 1 is 0.912 bits per heavy atom. The summed E-state index contributed by atoms with van der Waals surface area (Å²) in [5.41, 5.74) is 5.51. The van der Waals surface area contributed by atoms with Crippen molar-refractivity contribution in [3.8, 4) is 16.9 Å². The van der Waals surface area contributed by atoms with E-state index in [1.165, 1.54) is 16.0 Å². The SMILES string of the molecule is CCOc1ccc(C2CN(C(=O)OCC3c4ccccc4-c4ccccc43)CC2C(=O)O)cc1. The molecule has 5 rings (SSSR count). The Kier molecular flexibility index (Phi) is 5.97. The molecule has 0 aromatic heterocycles. The Bertz CT molecular complexity index is 1160. The minimum absolute atomic E-state index is 0.0314. The van der Waals surface area contributed by atoms with Crippen LogP contribution in [0.3, 0.4) is 0 Å². The van der Waals surface area contributed by atoms with Crippen LogP contribution in [0.1, 0.15) is 35.4 Å². The van der Waals surface area contributed by atoms with Gasteiger partial charge < -0.3 is 19.5 Å². The summed E-state index contributed by atoms with van der Waals surface area (Å²) in [5.74, 6) is -1.18. The van der Waals surface area contributed by atoms with Crippen LogP contribution >= 0.6 is 0 Å². The van der Waals surface area contributed by atoms with Gasteiger partial charge in [0.05, 0.1) is 12.5 Å². The molecule has 174 valence electrons. The molecule has 2 atom stereocenters. The van der Waals surface area contributed by atoms with Gasteiger partial charge in [0.15, 0.2) is 0 Å². The molecule has 0 radical (unpaired) electrons. The van der Waals surface area contributed by atoms with E-state index in [2.05, 4.69) is 24.3 Å². The van der Waals surface area contributed by atoms with Crippen LogP contribution in [0.2, 0.25) is 0 Å². The number of carboxylic acid groups (broad SMARTS) is 1. The van der Waals surface area contributed by atoms with E-state index in [4.69, 9.17) is 9.47 Å². The number of benzene rings is 3. The van der Waals surface area contributed by atoms with Crippen molar-refractivity contribution in [3.63, 3.8) is 0 Å². The van der Waals surface area contributed by atoms with E-state index in [-0.39, 0.29) is 25.0 Å². The van der Waals surface area contributed by atoms with E-state index in [1.54, 1.807) is 0 Å². The lowest BCUT2D eigenvalue weighted by molar-refractivity contribution is -0.141. The van der Waals surface area contributed by atoms with E-state index in [9.17, 15) is 14.7 Å². The van der Waals surface area contributed by atoms with Crippen LogP contribution in [0.5, 0.6) is 5.75 Å². The van der Waals surface area contributed by atoms with Gasteiger partial charge in [-0.05, 0) is 46.9 Å². The van der Waals surface area contributed by atoms with Gasteiger partial charge in [-0.2, -0.15) is 0 Å². The maximum atomic E-state index is 13.0. The summed E-state index contributed by atoms with van der Waals surface area (Å²) in [6.07, 6.45) is -0.471. The monoisotopic (exact) mass is 457 g/mol. The number of hydrogen-bond acceptors (Lipinski definition) is 4. The molecule has 2 unspecified atom stereocenters. The van der Waals surface area contributed by atoms with Crippen molar-refractivity contribution in [1.82, 2.24) is 4.90 Å². The Morgan fingerprint density at radius 3 is 2.12 bits per heavy atom. The lowest BCUT2D eigenvalue weighted by atomic mass is 9.89. The van der Waals surface area contributed by atoms with Crippen molar-refractivity contribution >= 4 is 12.1 Å². The number of carbonyl (C=O) groups excluding carboxylic acids is 1. The van der Waals surface area contributed by atoms with Crippen LogP contribution in [0.4, 0.5) is 4.79 Å². The van der Waals surface area contributed by atoms with Crippen molar-refractivity contribution in [2.24, 2.45) is 5.92 Å². The van der Waals surface area contributed by atoms with E-state index < -0.39 is 18.0 Å². The minimum Gasteiger partial charge on any atom is -0.494 e. The lowest BCUT2D eigenvalue weighted by Gasteiger charge is -2.19. The topological polar surface area (TPSA) is 76.1 Å². The third-order valence-corrected chi connectivity index (χ3v) is 6.85. The molecule has 3 aromatic carbocycles. The van der Waals surface area contributed by atoms with Crippen molar-refractivity contribution in [2.75, 3.05) is 26.3 Å². The predicted molar refractivity (Wildman–Crippen MR) is 128 cm³/mol. The summed E-state index contributed by atoms with van der Waals surface area (Å²) in [5, 5.41) is 9.80. The molecule has 0 spiro atoms. The third-order valence-electron chi connectivity index (χ3n) is 6.85. The Balaban J connectivity index is 1.29. The molecule has 1 fully saturated rings. The molecule has 0 saturated carbocycles. The van der Waals surface area contributed by atoms with Crippen molar-refractivity contribution in [2.45, 2.75) is 18.8 Å². The van der Waals surface area contributed by atoms with E-state index in [0.29, 0.717) is 13.2 Å². The average Bonchev–Trinajstić information content (AvgIpc) is 3.44. The minimum atomic E-state index is -0.909. The van der Waals surface area contributed by atoms with E-state index in [0.717, 1.165) is 22.4 Å². The van der Waals surface area contributed by atoms with Gasteiger partial charge in [-0.1, -0.05) is 60.7 Å². The number of aliphatic carboxylic acids is 1. The van der Waals surface area contributed by atoms with Gasteiger partial charge in [0.25, 0.3) is 0 Å². The van der Waals surface area contributed by atoms with Crippen LogP contribution in [0, 0.1) is 5.92 Å². The van der Waals surface area contributed by atoms with Crippen molar-refractivity contribution in [3.05, 3.63) is 89.5 Å². The predicted octanol–water partition coefficient (Wildman–Crippen LogP) is 5.13. The standard InChI is InChI=1S/C28H27NO5/c1-2-33-19-13-11-18(12-14-19)24-15-29(16-25(24)27(30)31)28(32)34-17-26-22-9-5-3-7-20(22)21-8-4-6-10-23(21)26/h3-14,24-26H,2,15-17H2,1H3,(H,30,31). The Hall–Kier alpha value is -3.80. The zero-order valence-corrected chi connectivity index (χ0v) is 19.0. The molecule has 6 nitrogen and oxygen atoms in total. The first-order valence-electron chi connectivity index (χ1n) is 11.6. The van der Waals surface area contributed by atoms with Crippen LogP contribution in [0.15, 0.2) is 72.8 Å². The molecule has 1 aliphatic carbocycles. The van der Waals surface area contributed by atoms with Gasteiger partial charge in [-0.3, -0.25) is 4.79 Å². The summed E-state index contributed by atoms with van der Waals surface area (Å²) in [7, 11) is 0. The molecule has 1 amide bonds. The number of hydrogen-bond donors (Lipinski definition) is 1. The van der Waals surface area contributed by atoms with Crippen LogP contribution in [-0.4, -0.2) is 48.4 Å². The van der Waals surface area contributed by atoms with Crippen molar-refractivity contribution < 1.29 is 24.2 Å². The molecule has 1 aliphatic heterocycles. The van der Waals surface area contributed by atoms with Gasteiger partial charge in [-0.15, -0.1) is 0 Å². The summed E-state index contributed by atoms with van der Waals surface area (Å²) in [4.78, 5) is 26.5. The normalized spacial score (nSPS) is 18.9. The first kappa shape index (κ1) is 22.0. The molecule has 1 saturated heterocycles. The Labute approximate surface area is 198 Å². The summed E-state index contributed by atoms with van der Waals surface area (Å²) in [6.45, 7) is 3.13. The van der Waals surface area contributed by atoms with Crippen LogP contribution in [-0.2, 0) is 9.53 Å². The number of fused-ring (bicyclic) bond motifs is 3. The fourth-order valence-electron chi connectivity index (χ4n) is 5.20. The maximum Gasteiger partial charge on any atom is 0.409 e. The van der Waals surface area contributed by atoms with E-state index >= 15 is 0 Å². The van der Waals surface area contributed by atoms with Crippen LogP contribution in [0.25, 0.3) is 11.1 Å². The number of carbonyl (C=O) groups is 2. The molecular weight excluding hydrogens is 430 g/mol.